The van der Waals surface area contributed by atoms with E-state index in [1.165, 1.54) is 11.3 Å². The third-order valence-corrected chi connectivity index (χ3v) is 3.47. The Morgan fingerprint density at radius 1 is 1.50 bits per heavy atom. The summed E-state index contributed by atoms with van der Waals surface area (Å²) in [7, 11) is 0. The smallest absolute Gasteiger partial charge is 0.341 e. The van der Waals surface area contributed by atoms with E-state index in [0.717, 1.165) is 0 Å². The van der Waals surface area contributed by atoms with Gasteiger partial charge in [-0.15, -0.1) is 11.3 Å². The second-order valence-corrected chi connectivity index (χ2v) is 5.03. The van der Waals surface area contributed by atoms with E-state index < -0.39 is 11.5 Å². The number of nitrogens with two attached hydrogens (primary N) is 1. The fourth-order valence-corrected chi connectivity index (χ4v) is 1.95. The highest BCUT2D eigenvalue weighted by Crippen LogP contribution is 2.25. The maximum Gasteiger partial charge on any atom is 0.341 e. The molecule has 0 radical (unpaired) electrons. The average Bonchev–Trinajstić information content (AvgIpc) is 2.77. The Bertz CT molecular complexity index is 440. The molecule has 18 heavy (non-hydrogen) atoms. The lowest BCUT2D eigenvalue weighted by atomic mass is 10.00. The summed E-state index contributed by atoms with van der Waals surface area (Å²) < 4.78 is 4.91. The number of thiophene rings is 1. The van der Waals surface area contributed by atoms with Gasteiger partial charge in [-0.2, -0.15) is 0 Å². The van der Waals surface area contributed by atoms with Crippen molar-refractivity contribution in [1.82, 2.24) is 0 Å². The zero-order valence-corrected chi connectivity index (χ0v) is 11.6. The number of esters is 1. The summed E-state index contributed by atoms with van der Waals surface area (Å²) in [5, 5.41) is 4.87. The molecule has 0 spiro atoms. The lowest BCUT2D eigenvalue weighted by molar-refractivity contribution is -0.120. The zero-order chi connectivity index (χ0) is 13.8. The molecule has 0 saturated heterocycles. The summed E-state index contributed by atoms with van der Waals surface area (Å²) in [6, 6.07) is 1.62. The van der Waals surface area contributed by atoms with E-state index in [1.54, 1.807) is 25.3 Å². The van der Waals surface area contributed by atoms with E-state index in [1.807, 2.05) is 6.92 Å². The molecular formula is C12H18N2O3S. The van der Waals surface area contributed by atoms with Gasteiger partial charge in [-0.25, -0.2) is 4.79 Å². The minimum absolute atomic E-state index is 0.297. The van der Waals surface area contributed by atoms with Crippen molar-refractivity contribution < 1.29 is 14.3 Å². The molecule has 0 aliphatic carbocycles. The normalized spacial score (nSPS) is 13.8. The van der Waals surface area contributed by atoms with Crippen molar-refractivity contribution in [1.29, 1.82) is 0 Å². The Morgan fingerprint density at radius 3 is 2.72 bits per heavy atom. The second-order valence-electron chi connectivity index (χ2n) is 4.11. The van der Waals surface area contributed by atoms with Crippen molar-refractivity contribution in [2.45, 2.75) is 32.7 Å². The SMILES string of the molecule is CCOC(=O)c1ccsc1NC(=O)C(C)(N)CC. The maximum absolute atomic E-state index is 11.9. The fourth-order valence-electron chi connectivity index (χ4n) is 1.18. The molecule has 3 N–H and O–H groups in total. The summed E-state index contributed by atoms with van der Waals surface area (Å²) in [5.41, 5.74) is 5.25. The molecule has 0 aliphatic rings. The first-order valence-corrected chi connectivity index (χ1v) is 6.65. The largest absolute Gasteiger partial charge is 0.462 e. The standard InChI is InChI=1S/C12H18N2O3S/c1-4-12(3,13)11(16)14-9-8(6-7-18-9)10(15)17-5-2/h6-7H,4-5,13H2,1-3H3,(H,14,16). The van der Waals surface area contributed by atoms with Crippen molar-refractivity contribution in [2.24, 2.45) is 5.73 Å². The Labute approximate surface area is 110 Å². The Balaban J connectivity index is 2.83. The van der Waals surface area contributed by atoms with Crippen LogP contribution >= 0.6 is 11.3 Å². The van der Waals surface area contributed by atoms with Crippen molar-refractivity contribution in [3.05, 3.63) is 17.0 Å². The number of carbonyl (C=O) groups is 2. The summed E-state index contributed by atoms with van der Waals surface area (Å²) in [6.07, 6.45) is 0.513. The molecule has 1 rings (SSSR count). The first-order chi connectivity index (χ1) is 8.42. The second kappa shape index (κ2) is 5.97. The van der Waals surface area contributed by atoms with Gasteiger partial charge in [0.05, 0.1) is 17.7 Å². The number of ether oxygens (including phenoxy) is 1. The van der Waals surface area contributed by atoms with E-state index in [4.69, 9.17) is 10.5 Å². The summed E-state index contributed by atoms with van der Waals surface area (Å²) >= 11 is 1.27. The Kier molecular flexibility index (Phi) is 4.86. The molecule has 0 fully saturated rings. The highest BCUT2D eigenvalue weighted by Gasteiger charge is 2.27. The minimum atomic E-state index is -0.948. The van der Waals surface area contributed by atoms with Crippen molar-refractivity contribution in [2.75, 3.05) is 11.9 Å². The highest BCUT2D eigenvalue weighted by atomic mass is 32.1. The molecule has 100 valence electrons. The minimum Gasteiger partial charge on any atom is -0.462 e. The molecule has 0 saturated carbocycles. The van der Waals surface area contributed by atoms with E-state index in [9.17, 15) is 9.59 Å². The molecule has 1 amide bonds. The number of hydrogen-bond acceptors (Lipinski definition) is 5. The van der Waals surface area contributed by atoms with E-state index in [0.29, 0.717) is 23.6 Å². The van der Waals surface area contributed by atoms with Crippen LogP contribution in [0.15, 0.2) is 11.4 Å². The number of nitrogens with one attached hydrogen (secondary N) is 1. The van der Waals surface area contributed by atoms with Crippen LogP contribution < -0.4 is 11.1 Å². The van der Waals surface area contributed by atoms with Gasteiger partial charge in [0.15, 0.2) is 0 Å². The summed E-state index contributed by atoms with van der Waals surface area (Å²) in [6.45, 7) is 5.52. The summed E-state index contributed by atoms with van der Waals surface area (Å²) in [4.78, 5) is 23.5. The monoisotopic (exact) mass is 270 g/mol. The third-order valence-electron chi connectivity index (χ3n) is 2.64. The number of amides is 1. The van der Waals surface area contributed by atoms with E-state index in [-0.39, 0.29) is 5.91 Å². The van der Waals surface area contributed by atoms with Crippen LogP contribution in [-0.4, -0.2) is 24.0 Å². The van der Waals surface area contributed by atoms with Crippen LogP contribution in [0.5, 0.6) is 0 Å². The summed E-state index contributed by atoms with van der Waals surface area (Å²) in [5.74, 6) is -0.748. The number of carbonyl (C=O) groups excluding carboxylic acids is 2. The number of rotatable bonds is 5. The Hall–Kier alpha value is -1.40. The fraction of sp³-hybridized carbons (Fsp3) is 0.500. The molecule has 5 nitrogen and oxygen atoms in total. The van der Waals surface area contributed by atoms with Gasteiger partial charge in [-0.05, 0) is 31.7 Å². The molecule has 1 unspecified atom stereocenters. The van der Waals surface area contributed by atoms with Gasteiger partial charge in [0.2, 0.25) is 5.91 Å². The molecule has 1 atom stereocenters. The highest BCUT2D eigenvalue weighted by molar-refractivity contribution is 7.14. The van der Waals surface area contributed by atoms with Crippen LogP contribution in [0.25, 0.3) is 0 Å². The van der Waals surface area contributed by atoms with Crippen LogP contribution in [0, 0.1) is 0 Å². The van der Waals surface area contributed by atoms with Gasteiger partial charge >= 0.3 is 5.97 Å². The predicted octanol–water partition coefficient (Wildman–Crippen LogP) is 1.99. The molecule has 1 heterocycles. The van der Waals surface area contributed by atoms with Gasteiger partial charge in [0.1, 0.15) is 5.00 Å². The predicted molar refractivity (Wildman–Crippen MR) is 71.8 cm³/mol. The lowest BCUT2D eigenvalue weighted by Crippen LogP contribution is -2.47. The quantitative estimate of drug-likeness (QED) is 0.802. The van der Waals surface area contributed by atoms with E-state index in [2.05, 4.69) is 5.32 Å². The molecule has 0 aromatic carbocycles. The van der Waals surface area contributed by atoms with Gasteiger partial charge in [-0.3, -0.25) is 4.79 Å². The third kappa shape index (κ3) is 3.30. The van der Waals surface area contributed by atoms with Crippen LogP contribution in [-0.2, 0) is 9.53 Å². The molecule has 6 heteroatoms. The van der Waals surface area contributed by atoms with Crippen LogP contribution in [0.4, 0.5) is 5.00 Å². The molecule has 0 aliphatic heterocycles. The van der Waals surface area contributed by atoms with Crippen molar-refractivity contribution >= 4 is 28.2 Å². The number of anilines is 1. The van der Waals surface area contributed by atoms with Gasteiger partial charge in [0.25, 0.3) is 0 Å². The van der Waals surface area contributed by atoms with Crippen LogP contribution in [0.1, 0.15) is 37.6 Å². The molecule has 1 aromatic rings. The average molecular weight is 270 g/mol. The lowest BCUT2D eigenvalue weighted by Gasteiger charge is -2.21. The first-order valence-electron chi connectivity index (χ1n) is 5.77. The van der Waals surface area contributed by atoms with Crippen molar-refractivity contribution in [3.63, 3.8) is 0 Å². The molecular weight excluding hydrogens is 252 g/mol. The van der Waals surface area contributed by atoms with Crippen LogP contribution in [0.3, 0.4) is 0 Å². The topological polar surface area (TPSA) is 81.4 Å². The van der Waals surface area contributed by atoms with Gasteiger partial charge in [0, 0.05) is 0 Å². The maximum atomic E-state index is 11.9. The zero-order valence-electron chi connectivity index (χ0n) is 10.8. The molecule has 1 aromatic heterocycles. The van der Waals surface area contributed by atoms with Gasteiger partial charge in [-0.1, -0.05) is 6.92 Å². The Morgan fingerprint density at radius 2 is 2.17 bits per heavy atom. The van der Waals surface area contributed by atoms with Gasteiger partial charge < -0.3 is 15.8 Å². The van der Waals surface area contributed by atoms with E-state index >= 15 is 0 Å². The van der Waals surface area contributed by atoms with Crippen molar-refractivity contribution in [3.8, 4) is 0 Å². The molecule has 0 bridgehead atoms. The number of hydrogen-bond donors (Lipinski definition) is 2. The first kappa shape index (κ1) is 14.7. The van der Waals surface area contributed by atoms with Crippen LogP contribution in [0.2, 0.25) is 0 Å².